The first-order valence-electron chi connectivity index (χ1n) is 7.42. The van der Waals surface area contributed by atoms with E-state index in [9.17, 15) is 4.79 Å². The van der Waals surface area contributed by atoms with Gasteiger partial charge in [0.25, 0.3) is 0 Å². The molecule has 2 aromatic rings. The number of rotatable bonds is 4. The molecule has 0 bridgehead atoms. The smallest absolute Gasteiger partial charge is 0.413 e. The van der Waals surface area contributed by atoms with Crippen LogP contribution in [0.25, 0.3) is 0 Å². The first-order valence-corrected chi connectivity index (χ1v) is 7.42. The maximum Gasteiger partial charge on any atom is 0.413 e. The Hall–Kier alpha value is -2.57. The minimum Gasteiger partial charge on any atom is -0.444 e. The summed E-state index contributed by atoms with van der Waals surface area (Å²) in [7, 11) is 1.90. The third-order valence-electron chi connectivity index (χ3n) is 2.99. The molecule has 124 valence electrons. The van der Waals surface area contributed by atoms with Crippen LogP contribution in [0.3, 0.4) is 0 Å². The number of nitrogens with one attached hydrogen (secondary N) is 2. The Morgan fingerprint density at radius 1 is 1.35 bits per heavy atom. The van der Waals surface area contributed by atoms with Gasteiger partial charge in [-0.15, -0.1) is 0 Å². The second-order valence-electron chi connectivity index (χ2n) is 6.33. The normalized spacial score (nSPS) is 11.2. The summed E-state index contributed by atoms with van der Waals surface area (Å²) in [6.07, 6.45) is 3.13. The summed E-state index contributed by atoms with van der Waals surface area (Å²) in [5.74, 6) is 0.447. The van der Waals surface area contributed by atoms with Crippen molar-refractivity contribution >= 4 is 17.6 Å². The Kier molecular flexibility index (Phi) is 4.88. The highest BCUT2D eigenvalue weighted by Crippen LogP contribution is 2.14. The molecular formula is C16H23N5O2. The molecule has 1 amide bonds. The molecule has 0 saturated heterocycles. The average molecular weight is 317 g/mol. The lowest BCUT2D eigenvalue weighted by Crippen LogP contribution is -2.27. The molecule has 0 radical (unpaired) electrons. The van der Waals surface area contributed by atoms with Gasteiger partial charge in [-0.3, -0.25) is 10.00 Å². The number of pyridine rings is 1. The van der Waals surface area contributed by atoms with Gasteiger partial charge in [0.05, 0.1) is 17.6 Å². The van der Waals surface area contributed by atoms with Gasteiger partial charge < -0.3 is 10.1 Å². The zero-order chi connectivity index (χ0) is 17.0. The van der Waals surface area contributed by atoms with E-state index in [1.165, 1.54) is 0 Å². The summed E-state index contributed by atoms with van der Waals surface area (Å²) in [6, 6.07) is 3.58. The van der Waals surface area contributed by atoms with Crippen molar-refractivity contribution in [1.29, 1.82) is 0 Å². The molecule has 23 heavy (non-hydrogen) atoms. The van der Waals surface area contributed by atoms with Crippen molar-refractivity contribution < 1.29 is 9.53 Å². The molecule has 0 aliphatic carbocycles. The Morgan fingerprint density at radius 2 is 2.09 bits per heavy atom. The van der Waals surface area contributed by atoms with Crippen LogP contribution in [0.5, 0.6) is 0 Å². The molecule has 0 fully saturated rings. The molecule has 0 aliphatic heterocycles. The third kappa shape index (κ3) is 5.28. The van der Waals surface area contributed by atoms with Crippen molar-refractivity contribution in [3.63, 3.8) is 0 Å². The van der Waals surface area contributed by atoms with Gasteiger partial charge in [-0.25, -0.2) is 9.78 Å². The fraction of sp³-hybridized carbons (Fsp3) is 0.438. The number of aromatic nitrogens is 3. The number of hydrogen-bond acceptors (Lipinski definition) is 5. The van der Waals surface area contributed by atoms with E-state index in [-0.39, 0.29) is 0 Å². The van der Waals surface area contributed by atoms with E-state index in [2.05, 4.69) is 20.7 Å². The average Bonchev–Trinajstić information content (AvgIpc) is 2.74. The monoisotopic (exact) mass is 317 g/mol. The molecule has 2 rings (SSSR count). The summed E-state index contributed by atoms with van der Waals surface area (Å²) in [5.41, 5.74) is 2.45. The number of ether oxygens (including phenoxy) is 1. The number of amides is 1. The largest absolute Gasteiger partial charge is 0.444 e. The predicted molar refractivity (Wildman–Crippen MR) is 89.4 cm³/mol. The lowest BCUT2D eigenvalue weighted by Gasteiger charge is -2.19. The molecule has 0 spiro atoms. The molecule has 0 saturated carbocycles. The number of hydrogen-bond donors (Lipinski definition) is 2. The van der Waals surface area contributed by atoms with Crippen molar-refractivity contribution in [2.24, 2.45) is 7.05 Å². The zero-order valence-corrected chi connectivity index (χ0v) is 14.2. The van der Waals surface area contributed by atoms with Gasteiger partial charge in [-0.2, -0.15) is 5.10 Å². The van der Waals surface area contributed by atoms with Crippen LogP contribution in [-0.4, -0.2) is 26.5 Å². The molecule has 0 unspecified atom stereocenters. The highest BCUT2D eigenvalue weighted by atomic mass is 16.6. The van der Waals surface area contributed by atoms with Crippen LogP contribution in [-0.2, 0) is 18.3 Å². The van der Waals surface area contributed by atoms with Crippen LogP contribution >= 0.6 is 0 Å². The summed E-state index contributed by atoms with van der Waals surface area (Å²) >= 11 is 0. The number of aryl methyl sites for hydroxylation is 2. The topological polar surface area (TPSA) is 81.1 Å². The number of carbonyl (C=O) groups excluding carboxylic acids is 1. The van der Waals surface area contributed by atoms with Gasteiger partial charge >= 0.3 is 6.09 Å². The van der Waals surface area contributed by atoms with Gasteiger partial charge in [0.1, 0.15) is 11.4 Å². The minimum absolute atomic E-state index is 0.447. The molecule has 0 aromatic carbocycles. The standard InChI is InChI=1S/C16H23N5O2/c1-11-12(10-21(5)20-11)8-17-13-6-7-14(18-9-13)19-15(22)23-16(2,3)4/h6-7,9-10,17H,8H2,1-5H3,(H,18,19,22). The molecule has 0 aliphatic rings. The van der Waals surface area contributed by atoms with E-state index in [1.54, 1.807) is 16.9 Å². The second kappa shape index (κ2) is 6.68. The van der Waals surface area contributed by atoms with Crippen LogP contribution in [0.2, 0.25) is 0 Å². The Bertz CT molecular complexity index is 671. The van der Waals surface area contributed by atoms with Gasteiger partial charge in [-0.05, 0) is 39.8 Å². The fourth-order valence-electron chi connectivity index (χ4n) is 2.00. The Labute approximate surface area is 136 Å². The third-order valence-corrected chi connectivity index (χ3v) is 2.99. The quantitative estimate of drug-likeness (QED) is 0.905. The summed E-state index contributed by atoms with van der Waals surface area (Å²) in [5, 5.41) is 10.2. The van der Waals surface area contributed by atoms with E-state index in [4.69, 9.17) is 4.74 Å². The highest BCUT2D eigenvalue weighted by molar-refractivity contribution is 5.83. The molecule has 2 heterocycles. The number of carbonyl (C=O) groups is 1. The van der Waals surface area contributed by atoms with Crippen LogP contribution in [0.4, 0.5) is 16.3 Å². The maximum atomic E-state index is 11.7. The van der Waals surface area contributed by atoms with Crippen LogP contribution < -0.4 is 10.6 Å². The molecular weight excluding hydrogens is 294 g/mol. The Balaban J connectivity index is 1.89. The van der Waals surface area contributed by atoms with Crippen molar-refractivity contribution in [1.82, 2.24) is 14.8 Å². The van der Waals surface area contributed by atoms with Crippen molar-refractivity contribution in [2.45, 2.75) is 39.8 Å². The van der Waals surface area contributed by atoms with E-state index >= 15 is 0 Å². The van der Waals surface area contributed by atoms with E-state index < -0.39 is 11.7 Å². The Morgan fingerprint density at radius 3 is 2.61 bits per heavy atom. The maximum absolute atomic E-state index is 11.7. The SMILES string of the molecule is Cc1nn(C)cc1CNc1ccc(NC(=O)OC(C)(C)C)nc1. The highest BCUT2D eigenvalue weighted by Gasteiger charge is 2.16. The summed E-state index contributed by atoms with van der Waals surface area (Å²) < 4.78 is 6.97. The van der Waals surface area contributed by atoms with Crippen LogP contribution in [0.15, 0.2) is 24.5 Å². The van der Waals surface area contributed by atoms with Crippen LogP contribution in [0.1, 0.15) is 32.0 Å². The fourth-order valence-corrected chi connectivity index (χ4v) is 2.00. The van der Waals surface area contributed by atoms with E-state index in [0.29, 0.717) is 12.4 Å². The molecule has 7 nitrogen and oxygen atoms in total. The first-order chi connectivity index (χ1) is 10.7. The van der Waals surface area contributed by atoms with Gasteiger partial charge in [0, 0.05) is 25.4 Å². The molecule has 2 N–H and O–H groups in total. The van der Waals surface area contributed by atoms with E-state index in [1.807, 2.05) is 47.0 Å². The van der Waals surface area contributed by atoms with Gasteiger partial charge in [0.15, 0.2) is 0 Å². The molecule has 7 heteroatoms. The lowest BCUT2D eigenvalue weighted by atomic mass is 10.2. The van der Waals surface area contributed by atoms with Crippen LogP contribution in [0, 0.1) is 6.92 Å². The van der Waals surface area contributed by atoms with Gasteiger partial charge in [-0.1, -0.05) is 0 Å². The summed E-state index contributed by atoms with van der Waals surface area (Å²) in [4.78, 5) is 15.9. The molecule has 0 atom stereocenters. The minimum atomic E-state index is -0.535. The van der Waals surface area contributed by atoms with Gasteiger partial charge in [0.2, 0.25) is 0 Å². The number of anilines is 2. The zero-order valence-electron chi connectivity index (χ0n) is 14.2. The number of nitrogens with zero attached hydrogens (tertiary/aromatic N) is 3. The second-order valence-corrected chi connectivity index (χ2v) is 6.33. The first kappa shape index (κ1) is 16.8. The lowest BCUT2D eigenvalue weighted by molar-refractivity contribution is 0.0635. The predicted octanol–water partition coefficient (Wildman–Crippen LogP) is 3.08. The van der Waals surface area contributed by atoms with Crippen molar-refractivity contribution in [3.05, 3.63) is 35.8 Å². The van der Waals surface area contributed by atoms with E-state index in [0.717, 1.165) is 16.9 Å². The summed E-state index contributed by atoms with van der Waals surface area (Å²) in [6.45, 7) is 8.08. The van der Waals surface area contributed by atoms with Crippen molar-refractivity contribution in [2.75, 3.05) is 10.6 Å². The van der Waals surface area contributed by atoms with Crippen molar-refractivity contribution in [3.8, 4) is 0 Å². The molecule has 2 aromatic heterocycles.